The fourth-order valence-corrected chi connectivity index (χ4v) is 0.968. The maximum Gasteiger partial charge on any atom is 0.0786 e. The minimum atomic E-state index is 0.125. The van der Waals surface area contributed by atoms with Crippen molar-refractivity contribution in [2.75, 3.05) is 20.2 Å². The van der Waals surface area contributed by atoms with Crippen LogP contribution in [0.25, 0.3) is 0 Å². The molecule has 1 rings (SSSR count). The second-order valence-corrected chi connectivity index (χ2v) is 2.58. The Labute approximate surface area is 64.0 Å². The topological polar surface area (TPSA) is 21.3 Å². The number of hydrogen-bond acceptors (Lipinski definition) is 2. The van der Waals surface area contributed by atoms with Crippen molar-refractivity contribution >= 4 is 0 Å². The van der Waals surface area contributed by atoms with Crippen molar-refractivity contribution in [1.82, 2.24) is 5.32 Å². The van der Waals surface area contributed by atoms with Gasteiger partial charge in [-0.2, -0.15) is 0 Å². The van der Waals surface area contributed by atoms with E-state index in [9.17, 15) is 0 Å². The highest BCUT2D eigenvalue weighted by atomic mass is 16.5. The molecule has 1 aliphatic heterocycles. The second kappa shape index (κ2) is 4.69. The first kappa shape index (κ1) is 9.92. The summed E-state index contributed by atoms with van der Waals surface area (Å²) in [5, 5.41) is 3.24. The SMILES string of the molecule is CC.COC1(C)CCNC1. The van der Waals surface area contributed by atoms with Gasteiger partial charge in [-0.1, -0.05) is 13.8 Å². The van der Waals surface area contributed by atoms with E-state index in [1.54, 1.807) is 7.11 Å². The molecule has 0 aromatic carbocycles. The maximum atomic E-state index is 5.24. The van der Waals surface area contributed by atoms with Crippen LogP contribution in [0.15, 0.2) is 0 Å². The number of ether oxygens (including phenoxy) is 1. The smallest absolute Gasteiger partial charge is 0.0786 e. The van der Waals surface area contributed by atoms with E-state index in [-0.39, 0.29) is 5.60 Å². The lowest BCUT2D eigenvalue weighted by atomic mass is 10.1. The van der Waals surface area contributed by atoms with Gasteiger partial charge >= 0.3 is 0 Å². The molecule has 0 radical (unpaired) electrons. The molecule has 1 saturated heterocycles. The fraction of sp³-hybridized carbons (Fsp3) is 1.00. The van der Waals surface area contributed by atoms with Crippen LogP contribution in [0.2, 0.25) is 0 Å². The molecule has 2 heteroatoms. The van der Waals surface area contributed by atoms with Crippen LogP contribution in [0.1, 0.15) is 27.2 Å². The Morgan fingerprint density at radius 3 is 2.20 bits per heavy atom. The Morgan fingerprint density at radius 2 is 2.00 bits per heavy atom. The van der Waals surface area contributed by atoms with Crippen LogP contribution in [0, 0.1) is 0 Å². The Morgan fingerprint density at radius 1 is 1.40 bits per heavy atom. The number of hydrogen-bond donors (Lipinski definition) is 1. The quantitative estimate of drug-likeness (QED) is 0.602. The van der Waals surface area contributed by atoms with Crippen molar-refractivity contribution in [3.05, 3.63) is 0 Å². The van der Waals surface area contributed by atoms with Crippen molar-refractivity contribution < 1.29 is 4.74 Å². The third-order valence-electron chi connectivity index (χ3n) is 1.82. The van der Waals surface area contributed by atoms with Gasteiger partial charge in [0, 0.05) is 13.7 Å². The largest absolute Gasteiger partial charge is 0.377 e. The highest BCUT2D eigenvalue weighted by molar-refractivity contribution is 4.84. The van der Waals surface area contributed by atoms with Crippen LogP contribution >= 0.6 is 0 Å². The zero-order chi connectivity index (χ0) is 8.04. The lowest BCUT2D eigenvalue weighted by Crippen LogP contribution is -2.29. The van der Waals surface area contributed by atoms with Gasteiger partial charge in [0.05, 0.1) is 5.60 Å². The van der Waals surface area contributed by atoms with E-state index < -0.39 is 0 Å². The number of nitrogens with one attached hydrogen (secondary N) is 1. The Balaban J connectivity index is 0.000000371. The predicted molar refractivity (Wildman–Crippen MR) is 44.2 cm³/mol. The van der Waals surface area contributed by atoms with Crippen molar-refractivity contribution in [2.24, 2.45) is 0 Å². The molecule has 0 spiro atoms. The van der Waals surface area contributed by atoms with Crippen molar-refractivity contribution in [1.29, 1.82) is 0 Å². The average molecular weight is 145 g/mol. The van der Waals surface area contributed by atoms with Gasteiger partial charge in [-0.25, -0.2) is 0 Å². The van der Waals surface area contributed by atoms with Gasteiger partial charge in [-0.05, 0) is 19.9 Å². The molecule has 1 N–H and O–H groups in total. The second-order valence-electron chi connectivity index (χ2n) is 2.58. The molecule has 1 heterocycles. The first-order chi connectivity index (χ1) is 4.77. The van der Waals surface area contributed by atoms with Crippen molar-refractivity contribution in [2.45, 2.75) is 32.8 Å². The number of methoxy groups -OCH3 is 1. The lowest BCUT2D eigenvalue weighted by molar-refractivity contribution is 0.0242. The summed E-state index contributed by atoms with van der Waals surface area (Å²) in [6.07, 6.45) is 1.14. The van der Waals surface area contributed by atoms with E-state index in [1.165, 1.54) is 0 Å². The van der Waals surface area contributed by atoms with Gasteiger partial charge in [-0.3, -0.25) is 0 Å². The summed E-state index contributed by atoms with van der Waals surface area (Å²) in [7, 11) is 1.77. The van der Waals surface area contributed by atoms with E-state index in [4.69, 9.17) is 4.74 Å². The van der Waals surface area contributed by atoms with Crippen LogP contribution in [0.4, 0.5) is 0 Å². The average Bonchev–Trinajstić information content (AvgIpc) is 2.42. The van der Waals surface area contributed by atoms with Crippen LogP contribution in [0.3, 0.4) is 0 Å². The molecule has 1 aliphatic rings. The van der Waals surface area contributed by atoms with E-state index in [2.05, 4.69) is 12.2 Å². The lowest BCUT2D eigenvalue weighted by Gasteiger charge is -2.19. The summed E-state index contributed by atoms with van der Waals surface area (Å²) >= 11 is 0. The fourth-order valence-electron chi connectivity index (χ4n) is 0.968. The van der Waals surface area contributed by atoms with E-state index in [0.29, 0.717) is 0 Å². The molecule has 0 aromatic heterocycles. The van der Waals surface area contributed by atoms with Gasteiger partial charge in [0.15, 0.2) is 0 Å². The van der Waals surface area contributed by atoms with Crippen LogP contribution in [-0.4, -0.2) is 25.8 Å². The molecular formula is C8H19NO. The molecule has 1 unspecified atom stereocenters. The van der Waals surface area contributed by atoms with Gasteiger partial charge in [0.1, 0.15) is 0 Å². The van der Waals surface area contributed by atoms with Gasteiger partial charge < -0.3 is 10.1 Å². The zero-order valence-electron chi connectivity index (χ0n) is 7.53. The van der Waals surface area contributed by atoms with Crippen LogP contribution in [-0.2, 0) is 4.74 Å². The Hall–Kier alpha value is -0.0800. The first-order valence-electron chi connectivity index (χ1n) is 4.03. The molecule has 0 bridgehead atoms. The van der Waals surface area contributed by atoms with Crippen LogP contribution in [0.5, 0.6) is 0 Å². The highest BCUT2D eigenvalue weighted by Gasteiger charge is 2.27. The molecule has 0 amide bonds. The Kier molecular flexibility index (Phi) is 4.65. The molecular weight excluding hydrogens is 126 g/mol. The highest BCUT2D eigenvalue weighted by Crippen LogP contribution is 2.16. The normalized spacial score (nSPS) is 31.2. The summed E-state index contributed by atoms with van der Waals surface area (Å²) in [6, 6.07) is 0. The van der Waals surface area contributed by atoms with E-state index in [1.807, 2.05) is 13.8 Å². The third kappa shape index (κ3) is 2.67. The molecule has 10 heavy (non-hydrogen) atoms. The monoisotopic (exact) mass is 145 g/mol. The first-order valence-corrected chi connectivity index (χ1v) is 4.03. The maximum absolute atomic E-state index is 5.24. The van der Waals surface area contributed by atoms with Gasteiger partial charge in [0.25, 0.3) is 0 Å². The molecule has 2 nitrogen and oxygen atoms in total. The van der Waals surface area contributed by atoms with Crippen molar-refractivity contribution in [3.63, 3.8) is 0 Å². The van der Waals surface area contributed by atoms with E-state index in [0.717, 1.165) is 19.5 Å². The third-order valence-corrected chi connectivity index (χ3v) is 1.82. The minimum absolute atomic E-state index is 0.125. The molecule has 0 aliphatic carbocycles. The predicted octanol–water partition coefficient (Wildman–Crippen LogP) is 1.41. The summed E-state index contributed by atoms with van der Waals surface area (Å²) < 4.78 is 5.24. The summed E-state index contributed by atoms with van der Waals surface area (Å²) in [5.74, 6) is 0. The molecule has 0 saturated carbocycles. The summed E-state index contributed by atoms with van der Waals surface area (Å²) in [6.45, 7) is 8.24. The Bertz CT molecular complexity index is 77.3. The van der Waals surface area contributed by atoms with Crippen LogP contribution < -0.4 is 5.32 Å². The summed E-state index contributed by atoms with van der Waals surface area (Å²) in [5.41, 5.74) is 0.125. The molecule has 1 atom stereocenters. The zero-order valence-corrected chi connectivity index (χ0v) is 7.53. The van der Waals surface area contributed by atoms with Gasteiger partial charge in [-0.15, -0.1) is 0 Å². The van der Waals surface area contributed by atoms with E-state index >= 15 is 0 Å². The van der Waals surface area contributed by atoms with Crippen molar-refractivity contribution in [3.8, 4) is 0 Å². The minimum Gasteiger partial charge on any atom is -0.377 e. The molecule has 1 fully saturated rings. The number of rotatable bonds is 1. The standard InChI is InChI=1S/C6H13NO.C2H6/c1-6(8-2)3-4-7-5-6;1-2/h7H,3-5H2,1-2H3;1-2H3. The molecule has 62 valence electrons. The molecule has 0 aromatic rings. The summed E-state index contributed by atoms with van der Waals surface area (Å²) in [4.78, 5) is 0. The van der Waals surface area contributed by atoms with Gasteiger partial charge in [0.2, 0.25) is 0 Å².